The van der Waals surface area contributed by atoms with Crippen LogP contribution in [-0.2, 0) is 0 Å². The third-order valence-electron chi connectivity index (χ3n) is 5.88. The van der Waals surface area contributed by atoms with E-state index >= 15 is 0 Å². The maximum atomic E-state index is 14.3. The second kappa shape index (κ2) is 10.7. The minimum Gasteiger partial charge on any atom is -0.387 e. The molecule has 0 spiro atoms. The molecule has 10 nitrogen and oxygen atoms in total. The number of aliphatic hydroxyl groups is 1. The molecule has 38 heavy (non-hydrogen) atoms. The van der Waals surface area contributed by atoms with Gasteiger partial charge in [-0.15, -0.1) is 0 Å². The Morgan fingerprint density at radius 2 is 1.95 bits per heavy atom. The van der Waals surface area contributed by atoms with E-state index in [1.807, 2.05) is 0 Å². The van der Waals surface area contributed by atoms with Crippen molar-refractivity contribution in [2.24, 2.45) is 0 Å². The number of nitriles is 1. The molecule has 0 bridgehead atoms. The number of fused-ring (bicyclic) bond motifs is 1. The minimum atomic E-state index is -1.69. The Labute approximate surface area is 218 Å². The molecule has 1 aromatic carbocycles. The topological polar surface area (TPSA) is 145 Å². The zero-order chi connectivity index (χ0) is 27.4. The number of nitrogens with one attached hydrogen (secondary N) is 3. The predicted molar refractivity (Wildman–Crippen MR) is 140 cm³/mol. The largest absolute Gasteiger partial charge is 0.387 e. The van der Waals surface area contributed by atoms with Crippen molar-refractivity contribution in [3.63, 3.8) is 0 Å². The van der Waals surface area contributed by atoms with E-state index < -0.39 is 24.2 Å². The fraction of sp³-hybridized carbons (Fsp3) is 0.222. The summed E-state index contributed by atoms with van der Waals surface area (Å²) in [5.74, 6) is -0.446. The average molecular weight is 516 g/mol. The number of hydrogen-bond donors (Lipinski definition) is 4. The highest BCUT2D eigenvalue weighted by Gasteiger charge is 2.27. The number of rotatable bonds is 8. The summed E-state index contributed by atoms with van der Waals surface area (Å²) in [5, 5.41) is 28.0. The van der Waals surface area contributed by atoms with Crippen LogP contribution in [0.1, 0.15) is 40.1 Å². The van der Waals surface area contributed by atoms with Gasteiger partial charge in [0.1, 0.15) is 23.7 Å². The third kappa shape index (κ3) is 5.61. The molecule has 3 aromatic heterocycles. The summed E-state index contributed by atoms with van der Waals surface area (Å²) < 4.78 is 16.0. The first-order valence-corrected chi connectivity index (χ1v) is 11.7. The van der Waals surface area contributed by atoms with E-state index in [1.54, 1.807) is 53.2 Å². The number of aromatic nitrogens is 3. The summed E-state index contributed by atoms with van der Waals surface area (Å²) in [6.45, 7) is 2.24. The van der Waals surface area contributed by atoms with Crippen molar-refractivity contribution in [3.8, 4) is 11.9 Å². The van der Waals surface area contributed by atoms with E-state index in [0.29, 0.717) is 34.0 Å². The van der Waals surface area contributed by atoms with E-state index in [1.165, 1.54) is 33.3 Å². The van der Waals surface area contributed by atoms with Crippen molar-refractivity contribution in [2.75, 3.05) is 18.9 Å². The molecule has 0 unspecified atom stereocenters. The molecule has 4 rings (SSSR count). The van der Waals surface area contributed by atoms with Gasteiger partial charge in [-0.3, -0.25) is 14.2 Å². The van der Waals surface area contributed by atoms with E-state index in [0.717, 1.165) is 5.39 Å². The number of alkyl halides is 1. The van der Waals surface area contributed by atoms with E-state index in [2.05, 4.69) is 32.0 Å². The third-order valence-corrected chi connectivity index (χ3v) is 5.88. The molecular formula is C27H26FN7O3. The van der Waals surface area contributed by atoms with Crippen molar-refractivity contribution in [3.05, 3.63) is 77.7 Å². The number of carbonyl (C=O) groups excluding carboxylic acids is 2. The molecule has 11 heteroatoms. The van der Waals surface area contributed by atoms with Gasteiger partial charge >= 0.3 is 0 Å². The number of amides is 2. The standard InChI is InChI=1S/C27H26FN7O3/c1-27(2,38)22(28)15-33-26(37)20-14-31-23(35-8-7-17-9-16(12-29)13-32-24(17)35)11-21(20)34-19-6-4-5-18(10-19)25(36)30-3/h4-11,13-14,22,38H,15H2,1-3H3,(H,30,36)(H,31,34)(H,33,37)/t22-/m1/s1. The summed E-state index contributed by atoms with van der Waals surface area (Å²) in [7, 11) is 1.53. The summed E-state index contributed by atoms with van der Waals surface area (Å²) >= 11 is 0. The van der Waals surface area contributed by atoms with Crippen LogP contribution in [0.25, 0.3) is 16.9 Å². The number of pyridine rings is 2. The van der Waals surface area contributed by atoms with Gasteiger partial charge in [-0.25, -0.2) is 14.4 Å². The quantitative estimate of drug-likeness (QED) is 0.282. The van der Waals surface area contributed by atoms with E-state index in [-0.39, 0.29) is 11.5 Å². The van der Waals surface area contributed by atoms with Crippen molar-refractivity contribution in [2.45, 2.75) is 25.6 Å². The molecule has 0 aliphatic carbocycles. The van der Waals surface area contributed by atoms with Crippen LogP contribution in [0.4, 0.5) is 15.8 Å². The number of nitrogens with zero attached hydrogens (tertiary/aromatic N) is 4. The van der Waals surface area contributed by atoms with Gasteiger partial charge in [-0.2, -0.15) is 5.26 Å². The molecule has 0 aliphatic rings. The molecule has 0 saturated carbocycles. The van der Waals surface area contributed by atoms with Crippen LogP contribution in [0.3, 0.4) is 0 Å². The highest BCUT2D eigenvalue weighted by atomic mass is 19.1. The first kappa shape index (κ1) is 26.2. The average Bonchev–Trinajstić information content (AvgIpc) is 3.33. The molecule has 3 heterocycles. The van der Waals surface area contributed by atoms with Gasteiger partial charge in [-0.05, 0) is 44.2 Å². The number of halogens is 1. The monoisotopic (exact) mass is 515 g/mol. The van der Waals surface area contributed by atoms with Gasteiger partial charge in [-0.1, -0.05) is 6.07 Å². The fourth-order valence-electron chi connectivity index (χ4n) is 3.70. The van der Waals surface area contributed by atoms with Crippen molar-refractivity contribution < 1.29 is 19.1 Å². The Bertz CT molecular complexity index is 1550. The van der Waals surface area contributed by atoms with Crippen molar-refractivity contribution >= 4 is 34.2 Å². The van der Waals surface area contributed by atoms with Crippen LogP contribution in [0, 0.1) is 11.3 Å². The lowest BCUT2D eigenvalue weighted by atomic mass is 10.0. The van der Waals surface area contributed by atoms with Gasteiger partial charge < -0.3 is 21.1 Å². The van der Waals surface area contributed by atoms with Gasteiger partial charge in [0.15, 0.2) is 0 Å². The zero-order valence-electron chi connectivity index (χ0n) is 21.0. The summed E-state index contributed by atoms with van der Waals surface area (Å²) in [6, 6.07) is 13.9. The molecule has 0 saturated heterocycles. The lowest BCUT2D eigenvalue weighted by Gasteiger charge is -2.22. The highest BCUT2D eigenvalue weighted by molar-refractivity contribution is 6.01. The van der Waals surface area contributed by atoms with Gasteiger partial charge in [0, 0.05) is 48.3 Å². The number of hydrogen-bond acceptors (Lipinski definition) is 7. The maximum Gasteiger partial charge on any atom is 0.255 e. The van der Waals surface area contributed by atoms with Crippen LogP contribution in [-0.4, -0.2) is 56.8 Å². The Balaban J connectivity index is 1.73. The second-order valence-corrected chi connectivity index (χ2v) is 9.14. The van der Waals surface area contributed by atoms with Crippen LogP contribution in [0.2, 0.25) is 0 Å². The van der Waals surface area contributed by atoms with E-state index in [4.69, 9.17) is 5.26 Å². The minimum absolute atomic E-state index is 0.123. The Kier molecular flexibility index (Phi) is 7.36. The van der Waals surface area contributed by atoms with Crippen molar-refractivity contribution in [1.82, 2.24) is 25.2 Å². The smallest absolute Gasteiger partial charge is 0.255 e. The SMILES string of the molecule is CNC(=O)c1cccc(Nc2cc(-n3ccc4cc(C#N)cnc43)ncc2C(=O)NC[C@@H](F)C(C)(C)O)c1. The predicted octanol–water partition coefficient (Wildman–Crippen LogP) is 3.23. The molecular weight excluding hydrogens is 489 g/mol. The molecule has 0 aliphatic heterocycles. The maximum absolute atomic E-state index is 14.3. The molecule has 194 valence electrons. The van der Waals surface area contributed by atoms with Gasteiger partial charge in [0.2, 0.25) is 0 Å². The summed E-state index contributed by atoms with van der Waals surface area (Å²) in [5.41, 5.74) is 0.778. The first-order valence-electron chi connectivity index (χ1n) is 11.7. The van der Waals surface area contributed by atoms with Crippen LogP contribution < -0.4 is 16.0 Å². The number of carbonyl (C=O) groups is 2. The Hall–Kier alpha value is -4.82. The Morgan fingerprint density at radius 1 is 1.16 bits per heavy atom. The molecule has 1 atom stereocenters. The van der Waals surface area contributed by atoms with Gasteiger partial charge in [0.25, 0.3) is 11.8 Å². The molecule has 4 N–H and O–H groups in total. The highest BCUT2D eigenvalue weighted by Crippen LogP contribution is 2.26. The van der Waals surface area contributed by atoms with Crippen molar-refractivity contribution in [1.29, 1.82) is 5.26 Å². The number of benzene rings is 1. The zero-order valence-corrected chi connectivity index (χ0v) is 21.0. The summed E-state index contributed by atoms with van der Waals surface area (Å²) in [6.07, 6.45) is 2.87. The normalized spacial score (nSPS) is 12.0. The number of anilines is 2. The summed E-state index contributed by atoms with van der Waals surface area (Å²) in [4.78, 5) is 33.9. The lowest BCUT2D eigenvalue weighted by molar-refractivity contribution is -0.00177. The van der Waals surface area contributed by atoms with Crippen LogP contribution in [0.5, 0.6) is 0 Å². The molecule has 0 fully saturated rings. The molecule has 2 amide bonds. The van der Waals surface area contributed by atoms with Crippen LogP contribution >= 0.6 is 0 Å². The van der Waals surface area contributed by atoms with Crippen LogP contribution in [0.15, 0.2) is 61.1 Å². The van der Waals surface area contributed by atoms with E-state index in [9.17, 15) is 19.1 Å². The lowest BCUT2D eigenvalue weighted by Crippen LogP contribution is -2.42. The molecule has 4 aromatic rings. The molecule has 0 radical (unpaired) electrons. The Morgan fingerprint density at radius 3 is 2.66 bits per heavy atom. The van der Waals surface area contributed by atoms with Gasteiger partial charge in [0.05, 0.1) is 29.0 Å². The second-order valence-electron chi connectivity index (χ2n) is 9.14. The first-order chi connectivity index (χ1) is 18.1. The fourth-order valence-corrected chi connectivity index (χ4v) is 3.70.